The lowest BCUT2D eigenvalue weighted by Gasteiger charge is -2.29. The fourth-order valence-electron chi connectivity index (χ4n) is 2.75. The van der Waals surface area contributed by atoms with Crippen LogP contribution in [0.5, 0.6) is 0 Å². The van der Waals surface area contributed by atoms with Gasteiger partial charge in [-0.2, -0.15) is 0 Å². The van der Waals surface area contributed by atoms with Gasteiger partial charge in [0, 0.05) is 6.04 Å². The maximum absolute atomic E-state index is 11.1. The molecule has 1 saturated carbocycles. The number of nitro groups is 1. The number of nitro benzene ring substituents is 1. The molecule has 2 rings (SSSR count). The first kappa shape index (κ1) is 14.1. The third-order valence-corrected chi connectivity index (χ3v) is 4.26. The standard InChI is InChI=1S/C14H19ClN2O2/c1-2-10-6-8-11(9-7-10)16-13-5-3-4-12(15)14(13)17(18)19/h3-5,10-11,16H,2,6-9H2,1H3. The van der Waals surface area contributed by atoms with Gasteiger partial charge in [0.2, 0.25) is 0 Å². The van der Waals surface area contributed by atoms with Crippen molar-refractivity contribution in [3.63, 3.8) is 0 Å². The first-order chi connectivity index (χ1) is 9.11. The normalized spacial score (nSPS) is 23.1. The average Bonchev–Trinajstić information content (AvgIpc) is 2.39. The Morgan fingerprint density at radius 1 is 1.37 bits per heavy atom. The summed E-state index contributed by atoms with van der Waals surface area (Å²) in [5.41, 5.74) is 0.527. The molecule has 0 aromatic heterocycles. The molecule has 0 saturated heterocycles. The van der Waals surface area contributed by atoms with Crippen LogP contribution in [0.3, 0.4) is 0 Å². The highest BCUT2D eigenvalue weighted by molar-refractivity contribution is 6.33. The molecule has 19 heavy (non-hydrogen) atoms. The molecule has 4 nitrogen and oxygen atoms in total. The Morgan fingerprint density at radius 3 is 2.63 bits per heavy atom. The molecule has 0 atom stereocenters. The van der Waals surface area contributed by atoms with Crippen LogP contribution >= 0.6 is 11.6 Å². The van der Waals surface area contributed by atoms with E-state index in [9.17, 15) is 10.1 Å². The van der Waals surface area contributed by atoms with Gasteiger partial charge in [-0.3, -0.25) is 10.1 Å². The van der Waals surface area contributed by atoms with Gasteiger partial charge in [-0.1, -0.05) is 31.0 Å². The summed E-state index contributed by atoms with van der Waals surface area (Å²) >= 11 is 5.91. The molecule has 1 aromatic carbocycles. The third kappa shape index (κ3) is 3.38. The molecule has 1 aromatic rings. The van der Waals surface area contributed by atoms with E-state index in [1.807, 2.05) is 0 Å². The third-order valence-electron chi connectivity index (χ3n) is 3.95. The van der Waals surface area contributed by atoms with Crippen molar-refractivity contribution in [2.75, 3.05) is 5.32 Å². The molecule has 1 fully saturated rings. The minimum absolute atomic E-state index is 0.0122. The van der Waals surface area contributed by atoms with Crippen LogP contribution in [0.4, 0.5) is 11.4 Å². The number of nitrogens with zero attached hydrogens (tertiary/aromatic N) is 1. The molecule has 0 heterocycles. The summed E-state index contributed by atoms with van der Waals surface area (Å²) in [5.74, 6) is 0.812. The molecule has 0 amide bonds. The Morgan fingerprint density at radius 2 is 2.05 bits per heavy atom. The van der Waals surface area contributed by atoms with Crippen LogP contribution in [-0.2, 0) is 0 Å². The highest BCUT2D eigenvalue weighted by Gasteiger charge is 2.24. The average molecular weight is 283 g/mol. The van der Waals surface area contributed by atoms with Gasteiger partial charge in [-0.15, -0.1) is 0 Å². The minimum Gasteiger partial charge on any atom is -0.377 e. The van der Waals surface area contributed by atoms with Crippen LogP contribution in [0.25, 0.3) is 0 Å². The molecule has 0 aliphatic heterocycles. The van der Waals surface area contributed by atoms with E-state index in [-0.39, 0.29) is 10.7 Å². The van der Waals surface area contributed by atoms with Crippen molar-refractivity contribution < 1.29 is 4.92 Å². The molecular weight excluding hydrogens is 264 g/mol. The number of benzene rings is 1. The molecule has 1 aliphatic carbocycles. The van der Waals surface area contributed by atoms with E-state index in [0.717, 1.165) is 18.8 Å². The lowest BCUT2D eigenvalue weighted by atomic mass is 9.84. The van der Waals surface area contributed by atoms with E-state index in [1.165, 1.54) is 19.3 Å². The molecule has 0 radical (unpaired) electrons. The van der Waals surface area contributed by atoms with E-state index in [4.69, 9.17) is 11.6 Å². The molecule has 0 spiro atoms. The van der Waals surface area contributed by atoms with Crippen LogP contribution < -0.4 is 5.32 Å². The van der Waals surface area contributed by atoms with Crippen molar-refractivity contribution in [3.8, 4) is 0 Å². The maximum atomic E-state index is 11.1. The van der Waals surface area contributed by atoms with Crippen LogP contribution in [0.1, 0.15) is 39.0 Å². The monoisotopic (exact) mass is 282 g/mol. The van der Waals surface area contributed by atoms with Crippen molar-refractivity contribution >= 4 is 23.0 Å². The summed E-state index contributed by atoms with van der Waals surface area (Å²) in [4.78, 5) is 10.6. The van der Waals surface area contributed by atoms with Gasteiger partial charge in [-0.05, 0) is 43.7 Å². The largest absolute Gasteiger partial charge is 0.377 e. The second-order valence-electron chi connectivity index (χ2n) is 5.16. The number of rotatable bonds is 4. The molecule has 5 heteroatoms. The van der Waals surface area contributed by atoms with Crippen molar-refractivity contribution in [1.82, 2.24) is 0 Å². The molecule has 0 bridgehead atoms. The second kappa shape index (κ2) is 6.24. The summed E-state index contributed by atoms with van der Waals surface area (Å²) in [6.07, 6.45) is 5.76. The lowest BCUT2D eigenvalue weighted by Crippen LogP contribution is -2.26. The van der Waals surface area contributed by atoms with Gasteiger partial charge in [0.05, 0.1) is 4.92 Å². The fraction of sp³-hybridized carbons (Fsp3) is 0.571. The Labute approximate surface area is 118 Å². The number of nitrogens with one attached hydrogen (secondary N) is 1. The van der Waals surface area contributed by atoms with Crippen molar-refractivity contribution in [2.45, 2.75) is 45.1 Å². The Balaban J connectivity index is 2.08. The van der Waals surface area contributed by atoms with Crippen molar-refractivity contribution in [2.24, 2.45) is 5.92 Å². The second-order valence-corrected chi connectivity index (χ2v) is 5.57. The minimum atomic E-state index is -0.414. The Hall–Kier alpha value is -1.29. The Bertz CT molecular complexity index is 457. The van der Waals surface area contributed by atoms with Crippen molar-refractivity contribution in [3.05, 3.63) is 33.3 Å². The molecular formula is C14H19ClN2O2. The summed E-state index contributed by atoms with van der Waals surface area (Å²) in [7, 11) is 0. The zero-order chi connectivity index (χ0) is 13.8. The molecule has 104 valence electrons. The van der Waals surface area contributed by atoms with Gasteiger partial charge in [0.1, 0.15) is 10.7 Å². The first-order valence-electron chi connectivity index (χ1n) is 6.81. The van der Waals surface area contributed by atoms with E-state index >= 15 is 0 Å². The van der Waals surface area contributed by atoms with Crippen LogP contribution in [-0.4, -0.2) is 11.0 Å². The highest BCUT2D eigenvalue weighted by atomic mass is 35.5. The lowest BCUT2D eigenvalue weighted by molar-refractivity contribution is -0.383. The van der Waals surface area contributed by atoms with Crippen LogP contribution in [0, 0.1) is 16.0 Å². The predicted molar refractivity (Wildman–Crippen MR) is 77.8 cm³/mol. The number of para-hydroxylation sites is 1. The number of hydrogen-bond donors (Lipinski definition) is 1. The van der Waals surface area contributed by atoms with Gasteiger partial charge >= 0.3 is 5.69 Å². The summed E-state index contributed by atoms with van der Waals surface area (Å²) in [5, 5.41) is 14.5. The van der Waals surface area contributed by atoms with E-state index in [2.05, 4.69) is 12.2 Å². The van der Waals surface area contributed by atoms with Gasteiger partial charge < -0.3 is 5.32 Å². The summed E-state index contributed by atoms with van der Waals surface area (Å²) in [6, 6.07) is 5.35. The molecule has 1 aliphatic rings. The highest BCUT2D eigenvalue weighted by Crippen LogP contribution is 2.35. The number of hydrogen-bond acceptors (Lipinski definition) is 3. The quantitative estimate of drug-likeness (QED) is 0.647. The van der Waals surface area contributed by atoms with Gasteiger partial charge in [0.25, 0.3) is 0 Å². The zero-order valence-electron chi connectivity index (χ0n) is 11.1. The predicted octanol–water partition coefficient (Wildman–Crippen LogP) is 4.63. The summed E-state index contributed by atoms with van der Waals surface area (Å²) < 4.78 is 0. The maximum Gasteiger partial charge on any atom is 0.310 e. The zero-order valence-corrected chi connectivity index (χ0v) is 11.8. The number of halogens is 1. The van der Waals surface area contributed by atoms with E-state index in [1.54, 1.807) is 18.2 Å². The van der Waals surface area contributed by atoms with Gasteiger partial charge in [0.15, 0.2) is 0 Å². The van der Waals surface area contributed by atoms with Crippen LogP contribution in [0.15, 0.2) is 18.2 Å². The van der Waals surface area contributed by atoms with E-state index < -0.39 is 4.92 Å². The molecule has 0 unspecified atom stereocenters. The fourth-order valence-corrected chi connectivity index (χ4v) is 3.00. The topological polar surface area (TPSA) is 55.2 Å². The van der Waals surface area contributed by atoms with Crippen molar-refractivity contribution in [1.29, 1.82) is 0 Å². The SMILES string of the molecule is CCC1CCC(Nc2cccc(Cl)c2[N+](=O)[O-])CC1. The smallest absolute Gasteiger partial charge is 0.310 e. The summed E-state index contributed by atoms with van der Waals surface area (Å²) in [6.45, 7) is 2.22. The van der Waals surface area contributed by atoms with E-state index in [0.29, 0.717) is 11.7 Å². The Kier molecular flexibility index (Phi) is 4.64. The van der Waals surface area contributed by atoms with Gasteiger partial charge in [-0.25, -0.2) is 0 Å². The van der Waals surface area contributed by atoms with Crippen LogP contribution in [0.2, 0.25) is 5.02 Å². The number of anilines is 1. The first-order valence-corrected chi connectivity index (χ1v) is 7.19. The molecule has 1 N–H and O–H groups in total.